The van der Waals surface area contributed by atoms with Crippen molar-refractivity contribution >= 4 is 46.2 Å². The zero-order valence-electron chi connectivity index (χ0n) is 26.7. The van der Waals surface area contributed by atoms with E-state index in [1.54, 1.807) is 37.3 Å². The van der Waals surface area contributed by atoms with Gasteiger partial charge in [-0.3, -0.25) is 19.2 Å². The number of rotatable bonds is 14. The fourth-order valence-electron chi connectivity index (χ4n) is 5.18. The van der Waals surface area contributed by atoms with Gasteiger partial charge < -0.3 is 34.3 Å². The number of anilines is 1. The van der Waals surface area contributed by atoms with Gasteiger partial charge in [-0.15, -0.1) is 0 Å². The number of ether oxygens (including phenoxy) is 2. The van der Waals surface area contributed by atoms with Gasteiger partial charge in [-0.05, 0) is 60.5 Å². The minimum atomic E-state index is -1.47. The summed E-state index contributed by atoms with van der Waals surface area (Å²) >= 11 is 0. The van der Waals surface area contributed by atoms with Gasteiger partial charge >= 0.3 is 17.9 Å². The number of carboxylic acid groups (broad SMARTS) is 1. The van der Waals surface area contributed by atoms with Crippen molar-refractivity contribution in [1.82, 2.24) is 4.90 Å². The van der Waals surface area contributed by atoms with Crippen LogP contribution in [-0.2, 0) is 41.6 Å². The summed E-state index contributed by atoms with van der Waals surface area (Å²) in [6.45, 7) is 2.78. The first-order valence-corrected chi connectivity index (χ1v) is 15.1. The molecule has 4 rings (SSSR count). The van der Waals surface area contributed by atoms with Crippen LogP contribution in [0.5, 0.6) is 0 Å². The molecule has 2 amide bonds. The molecule has 0 radical (unpaired) electrons. The Balaban J connectivity index is 1.70. The summed E-state index contributed by atoms with van der Waals surface area (Å²) in [6, 6.07) is 23.7. The van der Waals surface area contributed by atoms with E-state index in [0.717, 1.165) is 15.7 Å². The predicted molar refractivity (Wildman–Crippen MR) is 175 cm³/mol. The number of aliphatic carboxylic acids is 1. The molecular formula is C36H36N2O10. The zero-order valence-corrected chi connectivity index (χ0v) is 26.7. The van der Waals surface area contributed by atoms with Gasteiger partial charge in [0.1, 0.15) is 5.76 Å². The number of nitrogens with zero attached hydrogens (tertiary/aromatic N) is 1. The Morgan fingerprint density at radius 2 is 1.58 bits per heavy atom. The molecule has 0 bridgehead atoms. The Labute approximate surface area is 276 Å². The number of carbonyl (C=O) groups is 5. The molecule has 0 aliphatic rings. The number of hydrogen-bond acceptors (Lipinski definition) is 9. The molecule has 0 spiro atoms. The van der Waals surface area contributed by atoms with Gasteiger partial charge in [0.05, 0.1) is 31.6 Å². The maximum atomic E-state index is 14.0. The molecule has 0 saturated carbocycles. The first-order chi connectivity index (χ1) is 23.0. The highest BCUT2D eigenvalue weighted by atomic mass is 16.5. The first kappa shape index (κ1) is 35.0. The summed E-state index contributed by atoms with van der Waals surface area (Å²) in [5, 5.41) is 25.0. The molecule has 4 aromatic rings. The van der Waals surface area contributed by atoms with Gasteiger partial charge in [-0.1, -0.05) is 54.6 Å². The predicted octanol–water partition coefficient (Wildman–Crippen LogP) is 5.28. The Kier molecular flexibility index (Phi) is 11.7. The Bertz CT molecular complexity index is 1830. The number of esters is 2. The number of furan rings is 1. The number of methoxy groups -OCH3 is 1. The molecule has 48 heavy (non-hydrogen) atoms. The molecule has 0 aliphatic heterocycles. The monoisotopic (exact) mass is 656 g/mol. The van der Waals surface area contributed by atoms with E-state index in [4.69, 9.17) is 13.9 Å². The third-order valence-corrected chi connectivity index (χ3v) is 7.68. The molecule has 0 fully saturated rings. The van der Waals surface area contributed by atoms with Crippen molar-refractivity contribution in [2.45, 2.75) is 39.3 Å². The normalized spacial score (nSPS) is 12.7. The molecule has 1 aromatic heterocycles. The van der Waals surface area contributed by atoms with Crippen LogP contribution in [0.3, 0.4) is 0 Å². The molecule has 12 nitrogen and oxygen atoms in total. The third kappa shape index (κ3) is 8.66. The van der Waals surface area contributed by atoms with Crippen molar-refractivity contribution in [1.29, 1.82) is 0 Å². The smallest absolute Gasteiger partial charge is 0.338 e. The number of para-hydroxylation sites is 1. The summed E-state index contributed by atoms with van der Waals surface area (Å²) in [4.78, 5) is 65.4. The molecule has 2 unspecified atom stereocenters. The van der Waals surface area contributed by atoms with E-state index in [1.165, 1.54) is 26.2 Å². The molecule has 1 heterocycles. The Morgan fingerprint density at radius 1 is 0.896 bits per heavy atom. The van der Waals surface area contributed by atoms with Gasteiger partial charge in [0, 0.05) is 24.7 Å². The largest absolute Gasteiger partial charge is 0.503 e. The van der Waals surface area contributed by atoms with E-state index in [0.29, 0.717) is 11.3 Å². The van der Waals surface area contributed by atoms with Gasteiger partial charge in [0.25, 0.3) is 11.8 Å². The number of aliphatic hydroxyl groups is 1. The first-order valence-electron chi connectivity index (χ1n) is 15.1. The summed E-state index contributed by atoms with van der Waals surface area (Å²) in [5.74, 6) is -6.94. The average Bonchev–Trinajstić information content (AvgIpc) is 3.56. The maximum absolute atomic E-state index is 14.0. The van der Waals surface area contributed by atoms with E-state index < -0.39 is 59.4 Å². The number of carboxylic acids is 1. The van der Waals surface area contributed by atoms with Gasteiger partial charge in [0.15, 0.2) is 11.5 Å². The van der Waals surface area contributed by atoms with Crippen LogP contribution in [0.15, 0.2) is 101 Å². The minimum Gasteiger partial charge on any atom is -0.503 e. The van der Waals surface area contributed by atoms with Gasteiger partial charge in [-0.2, -0.15) is 0 Å². The number of nitrogens with one attached hydrogen (secondary N) is 1. The number of aliphatic hydroxyl groups excluding tert-OH is 1. The van der Waals surface area contributed by atoms with E-state index in [9.17, 15) is 34.2 Å². The van der Waals surface area contributed by atoms with E-state index >= 15 is 0 Å². The number of carbonyl (C=O) groups excluding carboxylic acids is 4. The summed E-state index contributed by atoms with van der Waals surface area (Å²) < 4.78 is 15.8. The van der Waals surface area contributed by atoms with Gasteiger partial charge in [0.2, 0.25) is 0 Å². The topological polar surface area (TPSA) is 173 Å². The lowest BCUT2D eigenvalue weighted by Crippen LogP contribution is -2.46. The molecule has 12 heteroatoms. The maximum Gasteiger partial charge on any atom is 0.338 e. The lowest BCUT2D eigenvalue weighted by molar-refractivity contribution is -0.150. The van der Waals surface area contributed by atoms with Crippen molar-refractivity contribution in [3.8, 4) is 0 Å². The van der Waals surface area contributed by atoms with Crippen LogP contribution < -0.4 is 5.32 Å². The van der Waals surface area contributed by atoms with Crippen molar-refractivity contribution in [2.75, 3.05) is 19.0 Å². The van der Waals surface area contributed by atoms with Crippen molar-refractivity contribution in [3.63, 3.8) is 0 Å². The zero-order chi connectivity index (χ0) is 34.8. The molecule has 3 N–H and O–H groups in total. The van der Waals surface area contributed by atoms with Crippen molar-refractivity contribution in [3.05, 3.63) is 113 Å². The van der Waals surface area contributed by atoms with Crippen molar-refractivity contribution < 1.29 is 48.1 Å². The molecule has 0 aliphatic carbocycles. The van der Waals surface area contributed by atoms with Crippen LogP contribution in [0, 0.1) is 5.92 Å². The summed E-state index contributed by atoms with van der Waals surface area (Å²) in [6.07, 6.45) is -1.09. The fourth-order valence-corrected chi connectivity index (χ4v) is 5.18. The quantitative estimate of drug-likeness (QED) is 0.0920. The van der Waals surface area contributed by atoms with Gasteiger partial charge in [-0.25, -0.2) is 4.79 Å². The SMILES string of the molecule is CCOC(=O)C(CC(=O)O)=C(O)C(=O)N(Cc1ccc2ccccc2c1)C(C)C(Cc1ccc(C(=O)Nc2ccccc2)o1)C(=O)OC. The van der Waals surface area contributed by atoms with E-state index in [1.807, 2.05) is 42.5 Å². The van der Waals surface area contributed by atoms with Crippen LogP contribution in [0.1, 0.15) is 42.1 Å². The second-order valence-electron chi connectivity index (χ2n) is 10.9. The van der Waals surface area contributed by atoms with Crippen LogP contribution in [0.4, 0.5) is 5.69 Å². The van der Waals surface area contributed by atoms with Crippen LogP contribution in [0.2, 0.25) is 0 Å². The van der Waals surface area contributed by atoms with Crippen LogP contribution in [-0.4, -0.2) is 64.6 Å². The Hall–Kier alpha value is -5.91. The highest BCUT2D eigenvalue weighted by molar-refractivity contribution is 6.04. The Morgan fingerprint density at radius 3 is 2.25 bits per heavy atom. The van der Waals surface area contributed by atoms with Crippen LogP contribution >= 0.6 is 0 Å². The van der Waals surface area contributed by atoms with E-state index in [-0.39, 0.29) is 31.1 Å². The summed E-state index contributed by atoms with van der Waals surface area (Å²) in [5.41, 5.74) is 0.446. The van der Waals surface area contributed by atoms with E-state index in [2.05, 4.69) is 5.32 Å². The fraction of sp³-hybridized carbons (Fsp3) is 0.250. The number of hydrogen-bond donors (Lipinski definition) is 3. The molecular weight excluding hydrogens is 620 g/mol. The van der Waals surface area contributed by atoms with Crippen molar-refractivity contribution in [2.24, 2.45) is 5.92 Å². The average molecular weight is 657 g/mol. The molecule has 250 valence electrons. The standard InChI is InChI=1S/C36H36N2O10/c1-4-47-36(45)29(20-31(39)40)32(41)34(43)38(21-23-14-15-24-10-8-9-11-25(24)18-23)22(2)28(35(44)46-3)19-27-16-17-30(48-27)33(42)37-26-12-6-5-7-13-26/h5-18,22,28,41H,4,19-21H2,1-3H3,(H,37,42)(H,39,40). The third-order valence-electron chi connectivity index (χ3n) is 7.68. The number of amides is 2. The lowest BCUT2D eigenvalue weighted by atomic mass is 9.93. The highest BCUT2D eigenvalue weighted by Crippen LogP contribution is 2.26. The second-order valence-corrected chi connectivity index (χ2v) is 10.9. The van der Waals surface area contributed by atoms with Crippen LogP contribution in [0.25, 0.3) is 10.8 Å². The highest BCUT2D eigenvalue weighted by Gasteiger charge is 2.37. The molecule has 2 atom stereocenters. The molecule has 3 aromatic carbocycles. The number of fused-ring (bicyclic) bond motifs is 1. The summed E-state index contributed by atoms with van der Waals surface area (Å²) in [7, 11) is 1.18. The lowest BCUT2D eigenvalue weighted by Gasteiger charge is -2.33. The number of benzene rings is 3. The molecule has 0 saturated heterocycles. The minimum absolute atomic E-state index is 0.0115. The second kappa shape index (κ2) is 16.1.